The van der Waals surface area contributed by atoms with E-state index in [0.29, 0.717) is 17.2 Å². The second-order valence-electron chi connectivity index (χ2n) is 7.38. The van der Waals surface area contributed by atoms with E-state index in [0.717, 1.165) is 42.9 Å². The molecule has 1 aromatic carbocycles. The lowest BCUT2D eigenvalue weighted by Gasteiger charge is -2.45. The molecule has 30 heavy (non-hydrogen) atoms. The van der Waals surface area contributed by atoms with E-state index < -0.39 is 0 Å². The second kappa shape index (κ2) is 7.44. The largest absolute Gasteiger partial charge is 0.366 e. The monoisotopic (exact) mass is 397 g/mol. The Bertz CT molecular complexity index is 1140. The van der Waals surface area contributed by atoms with Crippen LogP contribution in [0.2, 0.25) is 0 Å². The number of hydrogen-bond donors (Lipinski definition) is 1. The summed E-state index contributed by atoms with van der Waals surface area (Å²) < 4.78 is 0. The molecule has 0 spiro atoms. The number of carbonyl (C=O) groups excluding carboxylic acids is 1. The molecule has 2 amide bonds. The maximum absolute atomic E-state index is 13.2. The first-order valence-corrected chi connectivity index (χ1v) is 9.87. The van der Waals surface area contributed by atoms with Crippen LogP contribution < -0.4 is 15.1 Å². The minimum Gasteiger partial charge on any atom is -0.366 e. The molecular weight excluding hydrogens is 378 g/mol. The maximum atomic E-state index is 13.2. The van der Waals surface area contributed by atoms with Crippen molar-refractivity contribution in [2.75, 3.05) is 28.2 Å². The summed E-state index contributed by atoms with van der Waals surface area (Å²) in [5.74, 6) is 1.03. The molecule has 1 fully saturated rings. The zero-order valence-electron chi connectivity index (χ0n) is 16.2. The van der Waals surface area contributed by atoms with Gasteiger partial charge in [0.15, 0.2) is 11.6 Å². The number of pyridine rings is 1. The van der Waals surface area contributed by atoms with Gasteiger partial charge in [-0.2, -0.15) is 10.4 Å². The molecule has 0 radical (unpaired) electrons. The Hall–Kier alpha value is -3.99. The lowest BCUT2D eigenvalue weighted by Crippen LogP contribution is -2.56. The van der Waals surface area contributed by atoms with Gasteiger partial charge in [-0.15, -0.1) is 5.10 Å². The fourth-order valence-corrected chi connectivity index (χ4v) is 4.13. The van der Waals surface area contributed by atoms with Crippen LogP contribution in [0.15, 0.2) is 54.7 Å². The van der Waals surface area contributed by atoms with Crippen LogP contribution in [-0.2, 0) is 0 Å². The first kappa shape index (κ1) is 18.1. The molecular formula is C22H19N7O. The topological polar surface area (TPSA) is 98.0 Å². The van der Waals surface area contributed by atoms with Crippen LogP contribution >= 0.6 is 0 Å². The summed E-state index contributed by atoms with van der Waals surface area (Å²) in [6.45, 7) is 1.74. The van der Waals surface area contributed by atoms with E-state index in [1.54, 1.807) is 29.3 Å². The number of piperidine rings is 1. The highest BCUT2D eigenvalue weighted by atomic mass is 16.2. The van der Waals surface area contributed by atoms with Gasteiger partial charge >= 0.3 is 6.03 Å². The molecule has 4 heterocycles. The van der Waals surface area contributed by atoms with Gasteiger partial charge < -0.3 is 4.90 Å². The van der Waals surface area contributed by atoms with E-state index >= 15 is 0 Å². The van der Waals surface area contributed by atoms with E-state index in [9.17, 15) is 10.1 Å². The van der Waals surface area contributed by atoms with Gasteiger partial charge in [0.2, 0.25) is 0 Å². The molecule has 5 rings (SSSR count). The Labute approximate surface area is 173 Å². The summed E-state index contributed by atoms with van der Waals surface area (Å²) in [4.78, 5) is 22.1. The van der Waals surface area contributed by atoms with E-state index in [2.05, 4.69) is 26.5 Å². The lowest BCUT2D eigenvalue weighted by molar-refractivity contribution is 0.252. The van der Waals surface area contributed by atoms with Crippen molar-refractivity contribution in [2.24, 2.45) is 0 Å². The van der Waals surface area contributed by atoms with Gasteiger partial charge in [-0.3, -0.25) is 10.2 Å². The van der Waals surface area contributed by atoms with Crippen molar-refractivity contribution in [2.45, 2.75) is 18.9 Å². The van der Waals surface area contributed by atoms with E-state index in [4.69, 9.17) is 4.98 Å². The number of carbonyl (C=O) groups is 1. The minimum atomic E-state index is -0.265. The number of rotatable bonds is 2. The fraction of sp³-hybridized carbons (Fsp3) is 0.227. The van der Waals surface area contributed by atoms with Crippen LogP contribution in [-0.4, -0.2) is 40.3 Å². The Kier molecular flexibility index (Phi) is 4.48. The Morgan fingerprint density at radius 3 is 2.97 bits per heavy atom. The Morgan fingerprint density at radius 2 is 2.13 bits per heavy atom. The van der Waals surface area contributed by atoms with Gasteiger partial charge in [0, 0.05) is 24.8 Å². The highest BCUT2D eigenvalue weighted by Crippen LogP contribution is 2.39. The number of anilines is 3. The average Bonchev–Trinajstić information content (AvgIpc) is 2.80. The summed E-state index contributed by atoms with van der Waals surface area (Å²) in [6.07, 6.45) is 3.50. The van der Waals surface area contributed by atoms with Crippen molar-refractivity contribution in [3.05, 3.63) is 60.3 Å². The van der Waals surface area contributed by atoms with Gasteiger partial charge in [-0.25, -0.2) is 9.78 Å². The zero-order chi connectivity index (χ0) is 20.5. The van der Waals surface area contributed by atoms with Crippen LogP contribution in [0, 0.1) is 11.3 Å². The average molecular weight is 397 g/mol. The predicted molar refractivity (Wildman–Crippen MR) is 113 cm³/mol. The zero-order valence-corrected chi connectivity index (χ0v) is 16.2. The fourth-order valence-electron chi connectivity index (χ4n) is 4.13. The highest BCUT2D eigenvalue weighted by molar-refractivity contribution is 6.04. The molecule has 0 saturated carbocycles. The van der Waals surface area contributed by atoms with E-state index in [1.807, 2.05) is 30.3 Å². The first-order valence-electron chi connectivity index (χ1n) is 9.87. The quantitative estimate of drug-likeness (QED) is 0.711. The Balaban J connectivity index is 1.56. The minimum absolute atomic E-state index is 0.0381. The molecule has 0 aliphatic carbocycles. The standard InChI is InChI=1S/C22H19N7O/c23-13-15-4-1-5-16(12-15)18-8-9-19-21(25-18)29(17-6-3-11-28(19)14-17)22(30)26-20-7-2-10-24-27-20/h1-2,4-5,7-10,12,17H,3,6,11,14H2,(H,26,27,30). The number of urea groups is 1. The molecule has 148 valence electrons. The molecule has 1 atom stereocenters. The number of nitrogens with one attached hydrogen (secondary N) is 1. The predicted octanol–water partition coefficient (Wildman–Crippen LogP) is 3.43. The highest BCUT2D eigenvalue weighted by Gasteiger charge is 2.38. The van der Waals surface area contributed by atoms with Gasteiger partial charge in [0.1, 0.15) is 0 Å². The molecule has 2 aliphatic heterocycles. The molecule has 2 bridgehead atoms. The molecule has 1 unspecified atom stereocenters. The summed E-state index contributed by atoms with van der Waals surface area (Å²) in [5.41, 5.74) is 3.09. The van der Waals surface area contributed by atoms with E-state index in [1.165, 1.54) is 0 Å². The van der Waals surface area contributed by atoms with Gasteiger partial charge in [0.05, 0.1) is 29.1 Å². The van der Waals surface area contributed by atoms with Gasteiger partial charge in [-0.05, 0) is 49.2 Å². The third-order valence-corrected chi connectivity index (χ3v) is 5.50. The summed E-state index contributed by atoms with van der Waals surface area (Å²) in [7, 11) is 0. The molecule has 8 heteroatoms. The van der Waals surface area contributed by atoms with Crippen LogP contribution in [0.3, 0.4) is 0 Å². The third kappa shape index (κ3) is 3.20. The van der Waals surface area contributed by atoms with Crippen LogP contribution in [0.25, 0.3) is 11.3 Å². The first-order chi connectivity index (χ1) is 14.7. The normalized spacial score (nSPS) is 17.1. The third-order valence-electron chi connectivity index (χ3n) is 5.50. The molecule has 2 aliphatic rings. The number of hydrogen-bond acceptors (Lipinski definition) is 6. The van der Waals surface area contributed by atoms with Crippen molar-refractivity contribution >= 4 is 23.4 Å². The van der Waals surface area contributed by atoms with Crippen LogP contribution in [0.4, 0.5) is 22.1 Å². The van der Waals surface area contributed by atoms with Gasteiger partial charge in [0.25, 0.3) is 0 Å². The number of nitrogens with zero attached hydrogens (tertiary/aromatic N) is 6. The number of fused-ring (bicyclic) bond motifs is 4. The molecule has 1 N–H and O–H groups in total. The van der Waals surface area contributed by atoms with Crippen LogP contribution in [0.1, 0.15) is 18.4 Å². The number of aromatic nitrogens is 3. The Morgan fingerprint density at radius 1 is 1.20 bits per heavy atom. The second-order valence-corrected chi connectivity index (χ2v) is 7.38. The van der Waals surface area contributed by atoms with Crippen molar-refractivity contribution in [3.63, 3.8) is 0 Å². The lowest BCUT2D eigenvalue weighted by atomic mass is 9.99. The summed E-state index contributed by atoms with van der Waals surface area (Å²) in [5, 5.41) is 19.9. The molecule has 8 nitrogen and oxygen atoms in total. The number of amides is 2. The van der Waals surface area contributed by atoms with Crippen molar-refractivity contribution < 1.29 is 4.79 Å². The van der Waals surface area contributed by atoms with Crippen LogP contribution in [0.5, 0.6) is 0 Å². The SMILES string of the molecule is N#Cc1cccc(-c2ccc3c(n2)N(C(=O)Nc2cccnn2)C2CCCN3C2)c1. The number of nitriles is 1. The number of benzene rings is 1. The molecule has 2 aromatic heterocycles. The van der Waals surface area contributed by atoms with E-state index in [-0.39, 0.29) is 12.1 Å². The maximum Gasteiger partial charge on any atom is 0.329 e. The van der Waals surface area contributed by atoms with Crippen molar-refractivity contribution in [1.82, 2.24) is 15.2 Å². The molecule has 1 saturated heterocycles. The summed E-state index contributed by atoms with van der Waals surface area (Å²) in [6, 6.07) is 16.7. The summed E-state index contributed by atoms with van der Waals surface area (Å²) >= 11 is 0. The van der Waals surface area contributed by atoms with Crippen molar-refractivity contribution in [3.8, 4) is 17.3 Å². The van der Waals surface area contributed by atoms with Crippen molar-refractivity contribution in [1.29, 1.82) is 5.26 Å². The van der Waals surface area contributed by atoms with Gasteiger partial charge in [-0.1, -0.05) is 12.1 Å². The molecule has 3 aromatic rings. The smallest absolute Gasteiger partial charge is 0.329 e.